The molecule has 1 atom stereocenters. The molecule has 3 rings (SSSR count). The Balaban J connectivity index is 1.67. The number of likely N-dealkylation sites (N-methyl/N-ethyl adjacent to an activating group) is 1. The molecule has 0 aliphatic carbocycles. The Kier molecular flexibility index (Phi) is 4.20. The lowest BCUT2D eigenvalue weighted by molar-refractivity contribution is 0.00975. The molecular formula is C18H18FNO2. The SMILES string of the molecule is CN(CC1Cc2ccccc2CO1)C(=O)c1ccccc1F. The first-order valence-corrected chi connectivity index (χ1v) is 7.33. The number of halogens is 1. The molecule has 0 saturated carbocycles. The number of fused-ring (bicyclic) bond motifs is 1. The lowest BCUT2D eigenvalue weighted by atomic mass is 9.99. The molecule has 22 heavy (non-hydrogen) atoms. The number of nitrogens with zero attached hydrogens (tertiary/aromatic N) is 1. The zero-order valence-electron chi connectivity index (χ0n) is 12.5. The fourth-order valence-corrected chi connectivity index (χ4v) is 2.76. The van der Waals surface area contributed by atoms with Gasteiger partial charge in [-0.05, 0) is 23.3 Å². The molecule has 2 aromatic carbocycles. The van der Waals surface area contributed by atoms with Gasteiger partial charge in [0.25, 0.3) is 5.91 Å². The summed E-state index contributed by atoms with van der Waals surface area (Å²) in [6.45, 7) is 1.00. The smallest absolute Gasteiger partial charge is 0.256 e. The molecule has 1 amide bonds. The molecule has 0 saturated heterocycles. The Morgan fingerprint density at radius 3 is 2.64 bits per heavy atom. The fraction of sp³-hybridized carbons (Fsp3) is 0.278. The highest BCUT2D eigenvalue weighted by Gasteiger charge is 2.23. The number of amides is 1. The van der Waals surface area contributed by atoms with Crippen molar-refractivity contribution in [2.24, 2.45) is 0 Å². The summed E-state index contributed by atoms with van der Waals surface area (Å²) >= 11 is 0. The first-order valence-electron chi connectivity index (χ1n) is 7.33. The van der Waals surface area contributed by atoms with Gasteiger partial charge >= 0.3 is 0 Å². The summed E-state index contributed by atoms with van der Waals surface area (Å²) in [7, 11) is 1.68. The van der Waals surface area contributed by atoms with Crippen LogP contribution < -0.4 is 0 Å². The van der Waals surface area contributed by atoms with Crippen LogP contribution in [0, 0.1) is 5.82 Å². The van der Waals surface area contributed by atoms with Gasteiger partial charge in [-0.2, -0.15) is 0 Å². The van der Waals surface area contributed by atoms with Crippen LogP contribution in [0.1, 0.15) is 21.5 Å². The van der Waals surface area contributed by atoms with Gasteiger partial charge in [0.2, 0.25) is 0 Å². The Bertz CT molecular complexity index is 686. The molecule has 0 bridgehead atoms. The second-order valence-electron chi connectivity index (χ2n) is 5.57. The van der Waals surface area contributed by atoms with E-state index in [1.165, 1.54) is 28.2 Å². The van der Waals surface area contributed by atoms with Crippen LogP contribution in [0.25, 0.3) is 0 Å². The number of benzene rings is 2. The Morgan fingerprint density at radius 1 is 1.18 bits per heavy atom. The molecule has 0 spiro atoms. The van der Waals surface area contributed by atoms with E-state index < -0.39 is 5.82 Å². The number of ether oxygens (including phenoxy) is 1. The van der Waals surface area contributed by atoms with Crippen molar-refractivity contribution in [1.29, 1.82) is 0 Å². The zero-order chi connectivity index (χ0) is 15.5. The van der Waals surface area contributed by atoms with Gasteiger partial charge in [0, 0.05) is 20.0 Å². The van der Waals surface area contributed by atoms with Crippen LogP contribution >= 0.6 is 0 Å². The maximum atomic E-state index is 13.7. The standard InChI is InChI=1S/C18H18FNO2/c1-20(18(21)16-8-4-5-9-17(16)19)11-15-10-13-6-2-3-7-14(13)12-22-15/h2-9,15H,10-12H2,1H3. The number of hydrogen-bond donors (Lipinski definition) is 0. The fourth-order valence-electron chi connectivity index (χ4n) is 2.76. The number of rotatable bonds is 3. The third-order valence-corrected chi connectivity index (χ3v) is 3.97. The summed E-state index contributed by atoms with van der Waals surface area (Å²) in [6, 6.07) is 14.2. The van der Waals surface area contributed by atoms with Crippen molar-refractivity contribution in [2.45, 2.75) is 19.1 Å². The van der Waals surface area contributed by atoms with E-state index in [1.54, 1.807) is 19.2 Å². The third-order valence-electron chi connectivity index (χ3n) is 3.97. The van der Waals surface area contributed by atoms with Crippen LogP contribution in [0.4, 0.5) is 4.39 Å². The highest BCUT2D eigenvalue weighted by Crippen LogP contribution is 2.21. The third kappa shape index (κ3) is 3.02. The Morgan fingerprint density at radius 2 is 1.86 bits per heavy atom. The van der Waals surface area contributed by atoms with E-state index >= 15 is 0 Å². The average molecular weight is 299 g/mol. The molecule has 3 nitrogen and oxygen atoms in total. The van der Waals surface area contributed by atoms with E-state index in [0.29, 0.717) is 13.2 Å². The lowest BCUT2D eigenvalue weighted by Crippen LogP contribution is -2.38. The normalized spacial score (nSPS) is 16.9. The van der Waals surface area contributed by atoms with Crippen molar-refractivity contribution in [3.8, 4) is 0 Å². The first-order chi connectivity index (χ1) is 10.6. The monoisotopic (exact) mass is 299 g/mol. The van der Waals surface area contributed by atoms with Gasteiger partial charge in [-0.3, -0.25) is 4.79 Å². The predicted molar refractivity (Wildman–Crippen MR) is 82.1 cm³/mol. The molecule has 4 heteroatoms. The van der Waals surface area contributed by atoms with Gasteiger partial charge in [0.1, 0.15) is 5.82 Å². The van der Waals surface area contributed by atoms with Gasteiger partial charge in [-0.25, -0.2) is 4.39 Å². The van der Waals surface area contributed by atoms with Crippen LogP contribution in [-0.4, -0.2) is 30.5 Å². The number of carbonyl (C=O) groups is 1. The molecule has 0 fully saturated rings. The van der Waals surface area contributed by atoms with Crippen LogP contribution in [0.15, 0.2) is 48.5 Å². The summed E-state index contributed by atoms with van der Waals surface area (Å²) < 4.78 is 19.5. The van der Waals surface area contributed by atoms with Crippen LogP contribution in [0.5, 0.6) is 0 Å². The Hall–Kier alpha value is -2.20. The summed E-state index contributed by atoms with van der Waals surface area (Å²) in [5, 5.41) is 0. The van der Waals surface area contributed by atoms with E-state index in [1.807, 2.05) is 12.1 Å². The van der Waals surface area contributed by atoms with Gasteiger partial charge < -0.3 is 9.64 Å². The Labute approximate surface area is 129 Å². The predicted octanol–water partition coefficient (Wildman–Crippen LogP) is 3.04. The first kappa shape index (κ1) is 14.7. The zero-order valence-corrected chi connectivity index (χ0v) is 12.5. The minimum atomic E-state index is -0.491. The quantitative estimate of drug-likeness (QED) is 0.872. The number of carbonyl (C=O) groups excluding carboxylic acids is 1. The van der Waals surface area contributed by atoms with Crippen molar-refractivity contribution in [3.05, 3.63) is 71.0 Å². The van der Waals surface area contributed by atoms with Crippen molar-refractivity contribution in [2.75, 3.05) is 13.6 Å². The molecule has 1 heterocycles. The largest absolute Gasteiger partial charge is 0.371 e. The van der Waals surface area contributed by atoms with Crippen molar-refractivity contribution in [1.82, 2.24) is 4.90 Å². The summed E-state index contributed by atoms with van der Waals surface area (Å²) in [4.78, 5) is 13.8. The second-order valence-corrected chi connectivity index (χ2v) is 5.57. The van der Waals surface area contributed by atoms with Gasteiger partial charge in [0.05, 0.1) is 18.3 Å². The van der Waals surface area contributed by atoms with Crippen molar-refractivity contribution >= 4 is 5.91 Å². The molecule has 2 aromatic rings. The molecular weight excluding hydrogens is 281 g/mol. The summed E-state index contributed by atoms with van der Waals surface area (Å²) in [6.07, 6.45) is 0.709. The molecule has 114 valence electrons. The van der Waals surface area contributed by atoms with E-state index in [0.717, 1.165) is 6.42 Å². The maximum absolute atomic E-state index is 13.7. The minimum absolute atomic E-state index is 0.0596. The number of hydrogen-bond acceptors (Lipinski definition) is 2. The molecule has 1 aliphatic heterocycles. The van der Waals surface area contributed by atoms with Gasteiger partial charge in [0.15, 0.2) is 0 Å². The molecule has 1 aliphatic rings. The molecule has 0 radical (unpaired) electrons. The highest BCUT2D eigenvalue weighted by atomic mass is 19.1. The van der Waals surface area contributed by atoms with Crippen molar-refractivity contribution in [3.63, 3.8) is 0 Å². The van der Waals surface area contributed by atoms with Crippen LogP contribution in [0.2, 0.25) is 0 Å². The molecule has 1 unspecified atom stereocenters. The van der Waals surface area contributed by atoms with E-state index in [-0.39, 0.29) is 17.6 Å². The molecule has 0 N–H and O–H groups in total. The maximum Gasteiger partial charge on any atom is 0.256 e. The van der Waals surface area contributed by atoms with Crippen molar-refractivity contribution < 1.29 is 13.9 Å². The summed E-state index contributed by atoms with van der Waals surface area (Å²) in [5.41, 5.74) is 2.55. The van der Waals surface area contributed by atoms with Gasteiger partial charge in [-0.15, -0.1) is 0 Å². The van der Waals surface area contributed by atoms with E-state index in [9.17, 15) is 9.18 Å². The van der Waals surface area contributed by atoms with Crippen LogP contribution in [0.3, 0.4) is 0 Å². The minimum Gasteiger partial charge on any atom is -0.371 e. The van der Waals surface area contributed by atoms with E-state index in [2.05, 4.69) is 12.1 Å². The van der Waals surface area contributed by atoms with Gasteiger partial charge in [-0.1, -0.05) is 36.4 Å². The average Bonchev–Trinajstić information content (AvgIpc) is 2.54. The summed E-state index contributed by atoms with van der Waals surface area (Å²) in [5.74, 6) is -0.810. The van der Waals surface area contributed by atoms with E-state index in [4.69, 9.17) is 4.74 Å². The van der Waals surface area contributed by atoms with Crippen LogP contribution in [-0.2, 0) is 17.8 Å². The second kappa shape index (κ2) is 6.28. The topological polar surface area (TPSA) is 29.5 Å². The lowest BCUT2D eigenvalue weighted by Gasteiger charge is -2.29. The highest BCUT2D eigenvalue weighted by molar-refractivity contribution is 5.94. The molecule has 0 aromatic heterocycles.